The van der Waals surface area contributed by atoms with Crippen molar-refractivity contribution in [2.45, 2.75) is 33.2 Å². The Morgan fingerprint density at radius 1 is 1.35 bits per heavy atom. The summed E-state index contributed by atoms with van der Waals surface area (Å²) in [5.41, 5.74) is -1.18. The summed E-state index contributed by atoms with van der Waals surface area (Å²) in [4.78, 5) is 23.2. The average molecular weight is 279 g/mol. The molecule has 1 rings (SSSR count). The van der Waals surface area contributed by atoms with Gasteiger partial charge in [0.1, 0.15) is 0 Å². The minimum Gasteiger partial charge on any atom is -0.481 e. The fourth-order valence-electron chi connectivity index (χ4n) is 1.48. The van der Waals surface area contributed by atoms with Crippen LogP contribution in [0.5, 0.6) is 0 Å². The van der Waals surface area contributed by atoms with E-state index < -0.39 is 16.9 Å². The Hall–Kier alpha value is -2.11. The molecule has 20 heavy (non-hydrogen) atoms. The first kappa shape index (κ1) is 15.9. The van der Waals surface area contributed by atoms with Crippen LogP contribution in [0.4, 0.5) is 0 Å². The lowest BCUT2D eigenvalue weighted by Gasteiger charge is -2.38. The smallest absolute Gasteiger partial charge is 0.311 e. The molecule has 0 aromatic carbocycles. The van der Waals surface area contributed by atoms with Gasteiger partial charge in [-0.1, -0.05) is 0 Å². The zero-order valence-electron chi connectivity index (χ0n) is 12.5. The highest BCUT2D eigenvalue weighted by atomic mass is 16.4. The van der Waals surface area contributed by atoms with Gasteiger partial charge in [-0.05, 0) is 39.8 Å². The quantitative estimate of drug-likeness (QED) is 0.799. The van der Waals surface area contributed by atoms with Crippen molar-refractivity contribution in [1.82, 2.24) is 15.1 Å². The van der Waals surface area contributed by atoms with E-state index in [2.05, 4.69) is 10.4 Å². The summed E-state index contributed by atoms with van der Waals surface area (Å²) < 4.78 is 1.64. The molecule has 1 heterocycles. The van der Waals surface area contributed by atoms with Crippen molar-refractivity contribution >= 4 is 18.0 Å². The van der Waals surface area contributed by atoms with Crippen LogP contribution in [-0.4, -0.2) is 32.3 Å². The van der Waals surface area contributed by atoms with Crippen molar-refractivity contribution < 1.29 is 14.7 Å². The maximum atomic E-state index is 11.9. The molecule has 1 aromatic heterocycles. The van der Waals surface area contributed by atoms with Gasteiger partial charge in [-0.3, -0.25) is 14.3 Å². The Kier molecular flexibility index (Phi) is 4.37. The highest BCUT2D eigenvalue weighted by molar-refractivity contribution is 5.92. The molecule has 0 aliphatic heterocycles. The van der Waals surface area contributed by atoms with Crippen LogP contribution < -0.4 is 5.32 Å². The first-order valence-electron chi connectivity index (χ1n) is 6.29. The van der Waals surface area contributed by atoms with E-state index in [-0.39, 0.29) is 5.91 Å². The molecule has 1 amide bonds. The maximum absolute atomic E-state index is 11.9. The van der Waals surface area contributed by atoms with Crippen molar-refractivity contribution in [2.75, 3.05) is 0 Å². The molecule has 110 valence electrons. The fraction of sp³-hybridized carbons (Fsp3) is 0.500. The Morgan fingerprint density at radius 3 is 2.40 bits per heavy atom. The molecular weight excluding hydrogens is 258 g/mol. The SMILES string of the molecule is Cn1nccc1C=CC(=O)NC(C)(C)C(C)(C)C(=O)O. The summed E-state index contributed by atoms with van der Waals surface area (Å²) in [6.45, 7) is 6.55. The molecule has 0 bridgehead atoms. The van der Waals surface area contributed by atoms with Crippen LogP contribution >= 0.6 is 0 Å². The van der Waals surface area contributed by atoms with Crippen LogP contribution in [0.25, 0.3) is 6.08 Å². The second-order valence-corrected chi connectivity index (χ2v) is 5.76. The van der Waals surface area contributed by atoms with Gasteiger partial charge < -0.3 is 10.4 Å². The van der Waals surface area contributed by atoms with Gasteiger partial charge in [-0.2, -0.15) is 5.10 Å². The molecule has 0 atom stereocenters. The molecule has 0 saturated heterocycles. The van der Waals surface area contributed by atoms with E-state index in [0.29, 0.717) is 0 Å². The highest BCUT2D eigenvalue weighted by Crippen LogP contribution is 2.30. The van der Waals surface area contributed by atoms with Crippen LogP contribution in [0, 0.1) is 5.41 Å². The first-order valence-corrected chi connectivity index (χ1v) is 6.29. The largest absolute Gasteiger partial charge is 0.481 e. The maximum Gasteiger partial charge on any atom is 0.311 e. The number of amides is 1. The molecule has 0 aliphatic rings. The normalized spacial score (nSPS) is 12.7. The predicted molar refractivity (Wildman–Crippen MR) is 75.9 cm³/mol. The lowest BCUT2D eigenvalue weighted by molar-refractivity contribution is -0.151. The third-order valence-electron chi connectivity index (χ3n) is 3.80. The molecule has 0 spiro atoms. The molecule has 0 radical (unpaired) electrons. The van der Waals surface area contributed by atoms with Gasteiger partial charge in [0, 0.05) is 19.3 Å². The zero-order valence-corrected chi connectivity index (χ0v) is 12.5. The van der Waals surface area contributed by atoms with Gasteiger partial charge in [0.2, 0.25) is 5.91 Å². The van der Waals surface area contributed by atoms with Crippen molar-refractivity contribution in [3.8, 4) is 0 Å². The summed E-state index contributed by atoms with van der Waals surface area (Å²) in [5.74, 6) is -1.30. The van der Waals surface area contributed by atoms with Gasteiger partial charge in [-0.25, -0.2) is 0 Å². The Labute approximate surface area is 118 Å². The number of hydrogen-bond donors (Lipinski definition) is 2. The van der Waals surface area contributed by atoms with Crippen molar-refractivity contribution in [3.05, 3.63) is 24.0 Å². The molecule has 0 unspecified atom stereocenters. The van der Waals surface area contributed by atoms with Crippen LogP contribution in [-0.2, 0) is 16.6 Å². The third kappa shape index (κ3) is 3.26. The van der Waals surface area contributed by atoms with Crippen molar-refractivity contribution in [2.24, 2.45) is 12.5 Å². The van der Waals surface area contributed by atoms with Gasteiger partial charge in [0.05, 0.1) is 16.6 Å². The summed E-state index contributed by atoms with van der Waals surface area (Å²) in [7, 11) is 1.77. The van der Waals surface area contributed by atoms with E-state index in [0.717, 1.165) is 5.69 Å². The van der Waals surface area contributed by atoms with Gasteiger partial charge >= 0.3 is 5.97 Å². The molecule has 6 heteroatoms. The number of carboxylic acids is 1. The standard InChI is InChI=1S/C14H21N3O3/c1-13(2,12(19)20)14(3,4)16-11(18)7-6-10-8-9-15-17(10)5/h6-9H,1-5H3,(H,16,18)(H,19,20). The predicted octanol–water partition coefficient (Wildman–Crippen LogP) is 1.44. The molecule has 2 N–H and O–H groups in total. The number of rotatable bonds is 5. The number of carbonyl (C=O) groups is 2. The van der Waals surface area contributed by atoms with E-state index >= 15 is 0 Å². The topological polar surface area (TPSA) is 84.2 Å². The van der Waals surface area contributed by atoms with Crippen LogP contribution in [0.1, 0.15) is 33.4 Å². The molecule has 0 aliphatic carbocycles. The lowest BCUT2D eigenvalue weighted by Crippen LogP contribution is -2.56. The third-order valence-corrected chi connectivity index (χ3v) is 3.80. The number of aliphatic carboxylic acids is 1. The van der Waals surface area contributed by atoms with E-state index in [1.165, 1.54) is 6.08 Å². The zero-order chi connectivity index (χ0) is 15.6. The minimum absolute atomic E-state index is 0.342. The van der Waals surface area contributed by atoms with E-state index in [1.807, 2.05) is 0 Å². The highest BCUT2D eigenvalue weighted by Gasteiger charge is 2.44. The Balaban J connectivity index is 2.78. The van der Waals surface area contributed by atoms with E-state index in [4.69, 9.17) is 0 Å². The molecule has 0 saturated carbocycles. The van der Waals surface area contributed by atoms with Crippen molar-refractivity contribution in [1.29, 1.82) is 0 Å². The van der Waals surface area contributed by atoms with E-state index in [1.54, 1.807) is 57.8 Å². The van der Waals surface area contributed by atoms with E-state index in [9.17, 15) is 14.7 Å². The first-order chi connectivity index (χ1) is 9.08. The second kappa shape index (κ2) is 5.48. The summed E-state index contributed by atoms with van der Waals surface area (Å²) in [6, 6.07) is 1.77. The molecule has 1 aromatic rings. The fourth-order valence-corrected chi connectivity index (χ4v) is 1.48. The Bertz CT molecular complexity index is 542. The number of aromatic nitrogens is 2. The van der Waals surface area contributed by atoms with Crippen LogP contribution in [0.3, 0.4) is 0 Å². The Morgan fingerprint density at radius 2 is 1.95 bits per heavy atom. The minimum atomic E-state index is -1.08. The molecule has 0 fully saturated rings. The molecule has 6 nitrogen and oxygen atoms in total. The average Bonchev–Trinajstić information content (AvgIpc) is 2.71. The summed E-state index contributed by atoms with van der Waals surface area (Å²) >= 11 is 0. The lowest BCUT2D eigenvalue weighted by atomic mass is 9.74. The number of hydrogen-bond acceptors (Lipinski definition) is 3. The second-order valence-electron chi connectivity index (χ2n) is 5.76. The van der Waals surface area contributed by atoms with Crippen LogP contribution in [0.15, 0.2) is 18.3 Å². The number of aryl methyl sites for hydroxylation is 1. The van der Waals surface area contributed by atoms with Crippen LogP contribution in [0.2, 0.25) is 0 Å². The van der Waals surface area contributed by atoms with Gasteiger partial charge in [0.25, 0.3) is 0 Å². The van der Waals surface area contributed by atoms with Crippen molar-refractivity contribution in [3.63, 3.8) is 0 Å². The number of carbonyl (C=O) groups excluding carboxylic acids is 1. The molecular formula is C14H21N3O3. The van der Waals surface area contributed by atoms with Gasteiger partial charge in [0.15, 0.2) is 0 Å². The number of carboxylic acid groups (broad SMARTS) is 1. The van der Waals surface area contributed by atoms with Gasteiger partial charge in [-0.15, -0.1) is 0 Å². The summed E-state index contributed by atoms with van der Waals surface area (Å²) in [5, 5.41) is 15.9. The summed E-state index contributed by atoms with van der Waals surface area (Å²) in [6.07, 6.45) is 4.64. The number of nitrogens with one attached hydrogen (secondary N) is 1. The number of nitrogens with zero attached hydrogens (tertiary/aromatic N) is 2. The monoisotopic (exact) mass is 279 g/mol.